The Morgan fingerprint density at radius 3 is 2.35 bits per heavy atom. The van der Waals surface area contributed by atoms with Gasteiger partial charge in [0.1, 0.15) is 29.8 Å². The lowest BCUT2D eigenvalue weighted by molar-refractivity contribution is -0.125. The number of H-pyrrole nitrogens is 1. The summed E-state index contributed by atoms with van der Waals surface area (Å²) >= 11 is 0. The maximum atomic E-state index is 15.8. The molecule has 4 fully saturated rings. The zero-order chi connectivity index (χ0) is 48.5. The van der Waals surface area contributed by atoms with Crippen LogP contribution >= 0.6 is 0 Å². The van der Waals surface area contributed by atoms with E-state index in [1.54, 1.807) is 12.3 Å². The Morgan fingerprint density at radius 2 is 1.65 bits per heavy atom. The van der Waals surface area contributed by atoms with Crippen LogP contribution in [0.25, 0.3) is 22.2 Å². The van der Waals surface area contributed by atoms with Crippen molar-refractivity contribution in [1.29, 1.82) is 0 Å². The Morgan fingerprint density at radius 1 is 0.928 bits per heavy atom. The SMILES string of the molecule is C=C1CCC(N2C(=O)c3cc(F)c(OC4CC(N(C)CC5CCN(c6ccc(-c7cnc8[nH]cc(C(=O)c9c(F)ccc(NS(=O)(=O)N%10CC[C@@H](F)C%10)c9F)c8c7)cc6)CC5)C4)cc3C2=O)C(=O)N1. The molecule has 360 valence electrons. The first-order chi connectivity index (χ1) is 33.0. The van der Waals surface area contributed by atoms with E-state index in [0.29, 0.717) is 47.5 Å². The van der Waals surface area contributed by atoms with E-state index in [2.05, 4.69) is 38.7 Å². The van der Waals surface area contributed by atoms with Crippen LogP contribution in [0.15, 0.2) is 79.3 Å². The number of nitrogens with one attached hydrogen (secondary N) is 3. The monoisotopic (exact) mass is 968 g/mol. The molecule has 3 saturated heterocycles. The molecule has 0 spiro atoms. The van der Waals surface area contributed by atoms with Crippen molar-refractivity contribution in [1.82, 2.24) is 29.4 Å². The summed E-state index contributed by atoms with van der Waals surface area (Å²) in [7, 11) is -2.29. The molecule has 69 heavy (non-hydrogen) atoms. The highest BCUT2D eigenvalue weighted by Gasteiger charge is 2.45. The molecule has 20 heteroatoms. The standard InChI is InChI=1S/C49H48F4N8O7S/c1-26-3-10-41(47(63)56-26)61-48(64)35-20-39(52)42(21-36(35)49(61)65)68-33-18-32(19-33)58(2)24-27-11-14-59(15-12-27)31-6-4-28(5-7-31)29-17-34-37(23-55-46(34)54-22-29)45(62)43-38(51)8-9-40(44(43)53)57-69(66,67)60-16-13-30(50)25-60/h4-9,17,20-23,27,30,32-33,41,57H,1,3,10-16,18-19,24-25H2,2H3,(H,54,55)(H,56,63)/t30-,32?,33?,41?/m1/s1. The number of hydrogen-bond acceptors (Lipinski definition) is 10. The molecule has 1 aliphatic carbocycles. The lowest BCUT2D eigenvalue weighted by atomic mass is 9.86. The van der Waals surface area contributed by atoms with Gasteiger partial charge in [-0.3, -0.25) is 28.8 Å². The first kappa shape index (κ1) is 46.1. The number of imide groups is 1. The van der Waals surface area contributed by atoms with Gasteiger partial charge < -0.3 is 24.8 Å². The minimum Gasteiger partial charge on any atom is -0.487 e. The Bertz CT molecular complexity index is 3050. The van der Waals surface area contributed by atoms with E-state index in [1.807, 2.05) is 29.0 Å². The number of aromatic amines is 1. The van der Waals surface area contributed by atoms with E-state index in [1.165, 1.54) is 12.3 Å². The van der Waals surface area contributed by atoms with E-state index in [-0.39, 0.29) is 54.0 Å². The summed E-state index contributed by atoms with van der Waals surface area (Å²) < 4.78 is 94.4. The predicted molar refractivity (Wildman–Crippen MR) is 247 cm³/mol. The third-order valence-corrected chi connectivity index (χ3v) is 15.6. The molecule has 3 amide bonds. The minimum atomic E-state index is -4.37. The highest BCUT2D eigenvalue weighted by Crippen LogP contribution is 2.37. The predicted octanol–water partition coefficient (Wildman–Crippen LogP) is 6.73. The lowest BCUT2D eigenvalue weighted by Crippen LogP contribution is -2.51. The number of alkyl halides is 1. The first-order valence-electron chi connectivity index (χ1n) is 22.9. The van der Waals surface area contributed by atoms with Crippen molar-refractivity contribution in [2.24, 2.45) is 5.92 Å². The number of hydrogen-bond donors (Lipinski definition) is 3. The molecule has 2 aromatic heterocycles. The molecule has 5 aromatic rings. The molecule has 0 bridgehead atoms. The molecular weight excluding hydrogens is 921 g/mol. The molecule has 1 unspecified atom stereocenters. The van der Waals surface area contributed by atoms with Crippen molar-refractivity contribution in [3.05, 3.63) is 119 Å². The fraction of sp³-hybridized carbons (Fsp3) is 0.367. The number of benzene rings is 3. The highest BCUT2D eigenvalue weighted by atomic mass is 32.2. The number of ketones is 1. The van der Waals surface area contributed by atoms with Gasteiger partial charge >= 0.3 is 10.2 Å². The normalized spacial score (nSPS) is 22.3. The van der Waals surface area contributed by atoms with Crippen LogP contribution in [0.3, 0.4) is 0 Å². The Labute approximate surface area is 394 Å². The fourth-order valence-electron chi connectivity index (χ4n) is 10.0. The van der Waals surface area contributed by atoms with Crippen molar-refractivity contribution >= 4 is 56.1 Å². The highest BCUT2D eigenvalue weighted by molar-refractivity contribution is 7.90. The second kappa shape index (κ2) is 18.0. The summed E-state index contributed by atoms with van der Waals surface area (Å²) in [6, 6.07) is 12.8. The molecule has 3 N–H and O–H groups in total. The molecule has 10 rings (SSSR count). The maximum absolute atomic E-state index is 15.8. The summed E-state index contributed by atoms with van der Waals surface area (Å²) in [5.41, 5.74) is 1.59. The summed E-state index contributed by atoms with van der Waals surface area (Å²) in [6.07, 6.45) is 5.26. The molecule has 5 aliphatic rings. The van der Waals surface area contributed by atoms with Crippen molar-refractivity contribution in [2.75, 3.05) is 49.4 Å². The number of aromatic nitrogens is 2. The topological polar surface area (TPSA) is 177 Å². The third-order valence-electron chi connectivity index (χ3n) is 14.1. The van der Waals surface area contributed by atoms with Crippen LogP contribution < -0.4 is 19.7 Å². The summed E-state index contributed by atoms with van der Waals surface area (Å²) in [5, 5.41) is 2.90. The van der Waals surface area contributed by atoms with Gasteiger partial charge in [0.25, 0.3) is 11.8 Å². The van der Waals surface area contributed by atoms with Gasteiger partial charge in [-0.1, -0.05) is 18.7 Å². The molecule has 2 atom stereocenters. The number of halogens is 4. The second-order valence-corrected chi connectivity index (χ2v) is 20.2. The van der Waals surface area contributed by atoms with Crippen LogP contribution in [0, 0.1) is 23.4 Å². The maximum Gasteiger partial charge on any atom is 0.301 e. The summed E-state index contributed by atoms with van der Waals surface area (Å²) in [5.74, 6) is -5.82. The van der Waals surface area contributed by atoms with Crippen molar-refractivity contribution in [3.63, 3.8) is 0 Å². The average Bonchev–Trinajstić information content (AvgIpc) is 4.01. The Balaban J connectivity index is 0.721. The molecule has 1 saturated carbocycles. The van der Waals surface area contributed by atoms with Crippen LogP contribution in [-0.4, -0.2) is 120 Å². The second-order valence-electron chi connectivity index (χ2n) is 18.5. The van der Waals surface area contributed by atoms with E-state index in [4.69, 9.17) is 4.74 Å². The van der Waals surface area contributed by atoms with Gasteiger partial charge in [-0.25, -0.2) is 22.5 Å². The van der Waals surface area contributed by atoms with Crippen molar-refractivity contribution < 1.29 is 49.9 Å². The largest absolute Gasteiger partial charge is 0.487 e. The van der Waals surface area contributed by atoms with Gasteiger partial charge in [0.05, 0.1) is 22.4 Å². The number of allylic oxidation sites excluding steroid dienone is 1. The molecule has 6 heterocycles. The smallest absolute Gasteiger partial charge is 0.301 e. The number of anilines is 2. The Hall–Kier alpha value is -6.64. The summed E-state index contributed by atoms with van der Waals surface area (Å²) in [4.78, 5) is 65.6. The van der Waals surface area contributed by atoms with Crippen LogP contribution in [0.2, 0.25) is 0 Å². The number of rotatable bonds is 13. The number of amides is 3. The van der Waals surface area contributed by atoms with Gasteiger partial charge in [-0.15, -0.1) is 0 Å². The zero-order valence-corrected chi connectivity index (χ0v) is 38.3. The van der Waals surface area contributed by atoms with E-state index in [0.717, 1.165) is 71.1 Å². The Kier molecular flexibility index (Phi) is 12.0. The van der Waals surface area contributed by atoms with Crippen molar-refractivity contribution in [3.8, 4) is 16.9 Å². The molecule has 3 aromatic carbocycles. The quantitative estimate of drug-likeness (QED) is 0.0652. The fourth-order valence-corrected chi connectivity index (χ4v) is 11.3. The third kappa shape index (κ3) is 8.73. The minimum absolute atomic E-state index is 0.00702. The van der Waals surface area contributed by atoms with E-state index >= 15 is 13.2 Å². The molecule has 15 nitrogen and oxygen atoms in total. The number of carbonyl (C=O) groups excluding carboxylic acids is 4. The molecule has 4 aliphatic heterocycles. The van der Waals surface area contributed by atoms with E-state index < -0.39 is 81.2 Å². The van der Waals surface area contributed by atoms with E-state index in [9.17, 15) is 32.0 Å². The van der Waals surface area contributed by atoms with Gasteiger partial charge in [-0.2, -0.15) is 12.7 Å². The average molecular weight is 969 g/mol. The zero-order valence-electron chi connectivity index (χ0n) is 37.4. The van der Waals surface area contributed by atoms with Crippen LogP contribution in [-0.2, 0) is 15.0 Å². The number of ether oxygens (including phenoxy) is 1. The molecule has 0 radical (unpaired) electrons. The summed E-state index contributed by atoms with van der Waals surface area (Å²) in [6.45, 7) is 5.81. The van der Waals surface area contributed by atoms with Gasteiger partial charge in [-0.05, 0) is 93.1 Å². The lowest BCUT2D eigenvalue weighted by Gasteiger charge is -2.43. The van der Waals surface area contributed by atoms with Gasteiger partial charge in [0.15, 0.2) is 17.4 Å². The number of carbonyl (C=O) groups is 4. The van der Waals surface area contributed by atoms with Gasteiger partial charge in [0.2, 0.25) is 11.7 Å². The number of fused-ring (bicyclic) bond motifs is 2. The van der Waals surface area contributed by atoms with Crippen molar-refractivity contribution in [2.45, 2.75) is 69.3 Å². The number of pyridine rings is 1. The van der Waals surface area contributed by atoms with Gasteiger partial charge in [0, 0.05) is 91.9 Å². The first-order valence-corrected chi connectivity index (χ1v) is 24.3. The van der Waals surface area contributed by atoms with Crippen LogP contribution in [0.5, 0.6) is 5.75 Å². The van der Waals surface area contributed by atoms with Crippen LogP contribution in [0.4, 0.5) is 28.9 Å². The number of nitrogens with zero attached hydrogens (tertiary/aromatic N) is 5. The molecular formula is C49H48F4N8O7S. The number of piperidine rings is 2. The van der Waals surface area contributed by atoms with Crippen LogP contribution in [0.1, 0.15) is 81.6 Å².